The molecule has 0 heterocycles. The van der Waals surface area contributed by atoms with E-state index >= 15 is 0 Å². The largest absolute Gasteiger partial charge is 0.756 e. The molecule has 0 aliphatic rings. The van der Waals surface area contributed by atoms with E-state index in [1.54, 1.807) is 0 Å². The van der Waals surface area contributed by atoms with Gasteiger partial charge in [-0.1, -0.05) is 160 Å². The molecule has 2 atom stereocenters. The van der Waals surface area contributed by atoms with Crippen LogP contribution >= 0.6 is 7.82 Å². The summed E-state index contributed by atoms with van der Waals surface area (Å²) in [5.41, 5.74) is 0. The third-order valence-corrected chi connectivity index (χ3v) is 10.2. The minimum atomic E-state index is -4.62. The summed E-state index contributed by atoms with van der Waals surface area (Å²) in [6.07, 6.45) is 37.7. The molecule has 0 fully saturated rings. The monoisotopic (exact) mass is 772 g/mol. The lowest BCUT2D eigenvalue weighted by Gasteiger charge is -2.28. The standard InChI is InChI=1S/C43H82NO8P/c1-6-8-10-12-14-16-18-20-22-24-26-28-30-32-34-36-43(46)52-41(40-51-53(47,48)50-38-37-44(3,4)5)39-49-42(45)35-33-31-29-27-25-23-21-19-17-15-13-11-9-7-2/h16,18,20,22,41H,6-15,17,19,21,23-40H2,1-5H3/b18-16+,22-20+/t41-/m1/s1. The quantitative estimate of drug-likeness (QED) is 0.0200. The third-order valence-electron chi connectivity index (χ3n) is 9.25. The van der Waals surface area contributed by atoms with Gasteiger partial charge in [-0.15, -0.1) is 0 Å². The van der Waals surface area contributed by atoms with Crippen LogP contribution in [0.3, 0.4) is 0 Å². The second-order valence-corrected chi connectivity index (χ2v) is 17.2. The Balaban J connectivity index is 4.39. The van der Waals surface area contributed by atoms with Crippen molar-refractivity contribution in [2.75, 3.05) is 47.5 Å². The number of likely N-dealkylation sites (N-methyl/N-ethyl adjacent to an activating group) is 1. The minimum Gasteiger partial charge on any atom is -0.756 e. The Morgan fingerprint density at radius 2 is 1.00 bits per heavy atom. The first-order valence-corrected chi connectivity index (χ1v) is 23.0. The van der Waals surface area contributed by atoms with Gasteiger partial charge in [0, 0.05) is 12.8 Å². The Hall–Kier alpha value is -1.51. The van der Waals surface area contributed by atoms with E-state index in [4.69, 9.17) is 18.5 Å². The first-order valence-electron chi connectivity index (χ1n) is 21.6. The van der Waals surface area contributed by atoms with E-state index in [-0.39, 0.29) is 32.0 Å². The number of hydrogen-bond acceptors (Lipinski definition) is 8. The lowest BCUT2D eigenvalue weighted by Crippen LogP contribution is -2.37. The number of allylic oxidation sites excluding steroid dienone is 4. The first kappa shape index (κ1) is 51.5. The lowest BCUT2D eigenvalue weighted by atomic mass is 10.0. The number of carbonyl (C=O) groups excluding carboxylic acids is 2. The Bertz CT molecular complexity index is 964. The predicted octanol–water partition coefficient (Wildman–Crippen LogP) is 11.3. The molecule has 1 unspecified atom stereocenters. The molecule has 9 nitrogen and oxygen atoms in total. The highest BCUT2D eigenvalue weighted by Crippen LogP contribution is 2.38. The van der Waals surface area contributed by atoms with E-state index in [0.717, 1.165) is 57.8 Å². The van der Waals surface area contributed by atoms with E-state index in [1.165, 1.54) is 96.3 Å². The highest BCUT2D eigenvalue weighted by atomic mass is 31.2. The molecule has 0 bridgehead atoms. The fourth-order valence-electron chi connectivity index (χ4n) is 5.82. The zero-order chi connectivity index (χ0) is 39.3. The van der Waals surface area contributed by atoms with E-state index < -0.39 is 26.5 Å². The smallest absolute Gasteiger partial charge is 0.306 e. The van der Waals surface area contributed by atoms with Crippen LogP contribution in [0, 0.1) is 0 Å². The zero-order valence-corrected chi connectivity index (χ0v) is 35.9. The molecular weight excluding hydrogens is 689 g/mol. The van der Waals surface area contributed by atoms with Crippen molar-refractivity contribution < 1.29 is 42.1 Å². The fraction of sp³-hybridized carbons (Fsp3) is 0.860. The van der Waals surface area contributed by atoms with Gasteiger partial charge < -0.3 is 27.9 Å². The number of ether oxygens (including phenoxy) is 2. The summed E-state index contributed by atoms with van der Waals surface area (Å²) in [4.78, 5) is 37.5. The second kappa shape index (κ2) is 36.1. The molecule has 0 amide bonds. The van der Waals surface area contributed by atoms with Crippen LogP contribution in [0.5, 0.6) is 0 Å². The normalized spacial score (nSPS) is 13.8. The molecule has 53 heavy (non-hydrogen) atoms. The van der Waals surface area contributed by atoms with Crippen LogP contribution in [0.25, 0.3) is 0 Å². The van der Waals surface area contributed by atoms with E-state index in [1.807, 2.05) is 21.1 Å². The number of nitrogens with zero attached hydrogens (tertiary/aromatic N) is 1. The molecule has 0 radical (unpaired) electrons. The summed E-state index contributed by atoms with van der Waals surface area (Å²) >= 11 is 0. The van der Waals surface area contributed by atoms with Crippen molar-refractivity contribution in [1.29, 1.82) is 0 Å². The van der Waals surface area contributed by atoms with Crippen LogP contribution in [0.1, 0.15) is 187 Å². The molecule has 10 heteroatoms. The molecule has 0 aromatic heterocycles. The van der Waals surface area contributed by atoms with Crippen molar-refractivity contribution >= 4 is 19.8 Å². The maximum atomic E-state index is 12.6. The van der Waals surface area contributed by atoms with Crippen molar-refractivity contribution in [2.24, 2.45) is 0 Å². The maximum absolute atomic E-state index is 12.6. The van der Waals surface area contributed by atoms with Crippen molar-refractivity contribution in [3.63, 3.8) is 0 Å². The van der Waals surface area contributed by atoms with Crippen LogP contribution in [0.2, 0.25) is 0 Å². The molecule has 0 aliphatic heterocycles. The van der Waals surface area contributed by atoms with Gasteiger partial charge >= 0.3 is 11.9 Å². The van der Waals surface area contributed by atoms with Gasteiger partial charge in [-0.05, 0) is 38.5 Å². The fourth-order valence-corrected chi connectivity index (χ4v) is 6.55. The van der Waals surface area contributed by atoms with Gasteiger partial charge in [-0.3, -0.25) is 14.2 Å². The molecule has 0 rings (SSSR count). The van der Waals surface area contributed by atoms with Crippen molar-refractivity contribution in [1.82, 2.24) is 0 Å². The van der Waals surface area contributed by atoms with Gasteiger partial charge in [-0.2, -0.15) is 0 Å². The summed E-state index contributed by atoms with van der Waals surface area (Å²) < 4.78 is 33.8. The van der Waals surface area contributed by atoms with E-state index in [2.05, 4.69) is 38.2 Å². The Labute approximate surface area is 326 Å². The number of rotatable bonds is 39. The van der Waals surface area contributed by atoms with Gasteiger partial charge in [0.05, 0.1) is 27.7 Å². The molecule has 0 spiro atoms. The number of quaternary nitrogens is 1. The predicted molar refractivity (Wildman–Crippen MR) is 218 cm³/mol. The van der Waals surface area contributed by atoms with Crippen molar-refractivity contribution in [3.8, 4) is 0 Å². The zero-order valence-electron chi connectivity index (χ0n) is 35.0. The van der Waals surface area contributed by atoms with Gasteiger partial charge in [-0.25, -0.2) is 0 Å². The molecule has 312 valence electrons. The van der Waals surface area contributed by atoms with Crippen LogP contribution in [-0.4, -0.2) is 70.0 Å². The summed E-state index contributed by atoms with van der Waals surface area (Å²) in [6, 6.07) is 0. The maximum Gasteiger partial charge on any atom is 0.306 e. The highest BCUT2D eigenvalue weighted by Gasteiger charge is 2.21. The number of phosphoric ester groups is 1. The molecule has 0 aromatic carbocycles. The van der Waals surface area contributed by atoms with Crippen molar-refractivity contribution in [2.45, 2.75) is 193 Å². The SMILES string of the molecule is CCCCCC/C=C/C=C/CCCCCCCC(=O)O[C@H](COC(=O)CCCCCCCCCCCCCCCC)COP(=O)([O-])OCC[N+](C)(C)C. The van der Waals surface area contributed by atoms with Gasteiger partial charge in [0.15, 0.2) is 6.10 Å². The first-order chi connectivity index (χ1) is 25.5. The van der Waals surface area contributed by atoms with Crippen LogP contribution < -0.4 is 4.89 Å². The third kappa shape index (κ3) is 40.0. The highest BCUT2D eigenvalue weighted by molar-refractivity contribution is 7.45. The van der Waals surface area contributed by atoms with Gasteiger partial charge in [0.25, 0.3) is 7.82 Å². The van der Waals surface area contributed by atoms with E-state index in [0.29, 0.717) is 17.4 Å². The summed E-state index contributed by atoms with van der Waals surface area (Å²) in [5.74, 6) is -0.847. The Kier molecular flexibility index (Phi) is 35.1. The number of phosphoric acid groups is 1. The van der Waals surface area contributed by atoms with Gasteiger partial charge in [0.1, 0.15) is 19.8 Å². The van der Waals surface area contributed by atoms with Crippen LogP contribution in [0.15, 0.2) is 24.3 Å². The topological polar surface area (TPSA) is 111 Å². The van der Waals surface area contributed by atoms with Crippen LogP contribution in [-0.2, 0) is 32.7 Å². The Morgan fingerprint density at radius 1 is 0.585 bits per heavy atom. The molecule has 0 aliphatic carbocycles. The number of carbonyl (C=O) groups is 2. The number of esters is 2. The molecule has 0 aromatic rings. The van der Waals surface area contributed by atoms with E-state index in [9.17, 15) is 19.0 Å². The average molecular weight is 772 g/mol. The molecule has 0 saturated carbocycles. The van der Waals surface area contributed by atoms with Gasteiger partial charge in [0.2, 0.25) is 0 Å². The summed E-state index contributed by atoms with van der Waals surface area (Å²) in [6.45, 7) is 4.19. The minimum absolute atomic E-state index is 0.0323. The lowest BCUT2D eigenvalue weighted by molar-refractivity contribution is -0.870. The molecule has 0 N–H and O–H groups in total. The summed E-state index contributed by atoms with van der Waals surface area (Å²) in [7, 11) is 1.16. The second-order valence-electron chi connectivity index (χ2n) is 15.7. The number of hydrogen-bond donors (Lipinski definition) is 0. The Morgan fingerprint density at radius 3 is 1.47 bits per heavy atom. The molecule has 0 saturated heterocycles. The summed E-state index contributed by atoms with van der Waals surface area (Å²) in [5, 5.41) is 0. The van der Waals surface area contributed by atoms with Crippen LogP contribution in [0.4, 0.5) is 0 Å². The number of unbranched alkanes of at least 4 members (excludes halogenated alkanes) is 22. The molecular formula is C43H82NO8P. The average Bonchev–Trinajstić information content (AvgIpc) is 3.10. The van der Waals surface area contributed by atoms with Crippen molar-refractivity contribution in [3.05, 3.63) is 24.3 Å².